The summed E-state index contributed by atoms with van der Waals surface area (Å²) in [5.74, 6) is 0. The van der Waals surface area contributed by atoms with Crippen LogP contribution in [0.5, 0.6) is 0 Å². The lowest BCUT2D eigenvalue weighted by atomic mass is 10.1. The van der Waals surface area contributed by atoms with E-state index in [-0.39, 0.29) is 0 Å². The Bertz CT molecular complexity index is 929. The number of hydrogen-bond acceptors (Lipinski definition) is 1. The molecule has 25 heavy (non-hydrogen) atoms. The molecule has 2 heteroatoms. The number of aryl methyl sites for hydroxylation is 2. The van der Waals surface area contributed by atoms with Gasteiger partial charge in [-0.1, -0.05) is 41.5 Å². The van der Waals surface area contributed by atoms with Crippen LogP contribution in [0.4, 0.5) is 0 Å². The van der Waals surface area contributed by atoms with Gasteiger partial charge in [-0.2, -0.15) is 0 Å². The van der Waals surface area contributed by atoms with Crippen LogP contribution in [-0.2, 0) is 12.8 Å². The lowest BCUT2D eigenvalue weighted by molar-refractivity contribution is 0.351. The minimum Gasteiger partial charge on any atom is -0.320 e. The molecule has 1 aliphatic heterocycles. The Balaban J connectivity index is 1.83. The number of rotatable bonds is 2. The predicted molar refractivity (Wildman–Crippen MR) is 108 cm³/mol. The molecule has 2 aromatic carbocycles. The first-order valence-electron chi connectivity index (χ1n) is 9.17. The molecule has 0 spiro atoms. The Morgan fingerprint density at radius 3 is 2.40 bits per heavy atom. The highest BCUT2D eigenvalue weighted by Crippen LogP contribution is 2.30. The molecule has 1 aliphatic rings. The van der Waals surface area contributed by atoms with Gasteiger partial charge < -0.3 is 9.47 Å². The Kier molecular flexibility index (Phi) is 4.22. The lowest BCUT2D eigenvalue weighted by Gasteiger charge is -2.12. The summed E-state index contributed by atoms with van der Waals surface area (Å²) in [6, 6.07) is 15.6. The van der Waals surface area contributed by atoms with Crippen molar-refractivity contribution in [2.45, 2.75) is 26.7 Å². The predicted octanol–water partition coefficient (Wildman–Crippen LogP) is 4.92. The molecule has 0 unspecified atom stereocenters. The maximum absolute atomic E-state index is 2.44. The Morgan fingerprint density at radius 2 is 1.60 bits per heavy atom. The fraction of sp³-hybridized carbons (Fsp3) is 0.304. The standard InChI is InChI=1S/C23H26N2/c1-17-4-7-19(8-5-17)10-15-25-22-9-6-18(2)16-21(22)20-11-13-24(3)14-12-23(20)25/h4-10,15-16H,11-14H2,1-3H3/b15-10+. The second-order valence-electron chi connectivity index (χ2n) is 7.35. The largest absolute Gasteiger partial charge is 0.320 e. The molecule has 0 saturated carbocycles. The molecule has 0 N–H and O–H groups in total. The van der Waals surface area contributed by atoms with Gasteiger partial charge in [-0.15, -0.1) is 0 Å². The first kappa shape index (κ1) is 16.2. The van der Waals surface area contributed by atoms with Gasteiger partial charge in [0.25, 0.3) is 0 Å². The topological polar surface area (TPSA) is 8.17 Å². The lowest BCUT2D eigenvalue weighted by Crippen LogP contribution is -2.21. The summed E-state index contributed by atoms with van der Waals surface area (Å²) in [6.45, 7) is 6.59. The second kappa shape index (κ2) is 6.53. The average Bonchev–Trinajstić information content (AvgIpc) is 2.75. The normalized spacial score (nSPS) is 15.6. The van der Waals surface area contributed by atoms with Crippen molar-refractivity contribution in [3.63, 3.8) is 0 Å². The first-order valence-corrected chi connectivity index (χ1v) is 9.17. The fourth-order valence-electron chi connectivity index (χ4n) is 3.82. The van der Waals surface area contributed by atoms with Gasteiger partial charge in [-0.05, 0) is 56.7 Å². The van der Waals surface area contributed by atoms with Gasteiger partial charge in [0, 0.05) is 36.8 Å². The summed E-state index contributed by atoms with van der Waals surface area (Å²) in [4.78, 5) is 2.44. The maximum atomic E-state index is 2.44. The zero-order valence-corrected chi connectivity index (χ0v) is 15.4. The van der Waals surface area contributed by atoms with Crippen molar-refractivity contribution in [2.24, 2.45) is 0 Å². The Hall–Kier alpha value is -2.32. The Morgan fingerprint density at radius 1 is 0.880 bits per heavy atom. The van der Waals surface area contributed by atoms with E-state index in [4.69, 9.17) is 0 Å². The highest BCUT2D eigenvalue weighted by atomic mass is 15.1. The minimum absolute atomic E-state index is 1.11. The van der Waals surface area contributed by atoms with Crippen LogP contribution in [0.25, 0.3) is 23.2 Å². The Labute approximate surface area is 150 Å². The van der Waals surface area contributed by atoms with Gasteiger partial charge in [0.05, 0.1) is 5.52 Å². The molecule has 0 saturated heterocycles. The van der Waals surface area contributed by atoms with E-state index in [1.54, 1.807) is 0 Å². The molecule has 0 bridgehead atoms. The van der Waals surface area contributed by atoms with E-state index < -0.39 is 0 Å². The van der Waals surface area contributed by atoms with E-state index in [9.17, 15) is 0 Å². The quantitative estimate of drug-likeness (QED) is 0.648. The highest BCUT2D eigenvalue weighted by molar-refractivity contribution is 5.89. The third-order valence-electron chi connectivity index (χ3n) is 5.34. The molecule has 0 radical (unpaired) electrons. The number of likely N-dealkylation sites (N-methyl/N-ethyl adjacent to an activating group) is 1. The molecule has 4 rings (SSSR count). The van der Waals surface area contributed by atoms with E-state index in [1.807, 2.05) is 0 Å². The zero-order chi connectivity index (χ0) is 17.4. The van der Waals surface area contributed by atoms with Gasteiger partial charge in [-0.3, -0.25) is 0 Å². The van der Waals surface area contributed by atoms with Crippen LogP contribution in [0.2, 0.25) is 0 Å². The average molecular weight is 330 g/mol. The van der Waals surface area contributed by atoms with Crippen LogP contribution in [-0.4, -0.2) is 29.6 Å². The fourth-order valence-corrected chi connectivity index (χ4v) is 3.82. The maximum Gasteiger partial charge on any atom is 0.0528 e. The number of hydrogen-bond donors (Lipinski definition) is 0. The van der Waals surface area contributed by atoms with Gasteiger partial charge in [0.1, 0.15) is 0 Å². The molecular formula is C23H26N2. The van der Waals surface area contributed by atoms with Crippen molar-refractivity contribution in [2.75, 3.05) is 20.1 Å². The summed E-state index contributed by atoms with van der Waals surface area (Å²) in [6.07, 6.45) is 6.73. The van der Waals surface area contributed by atoms with Gasteiger partial charge >= 0.3 is 0 Å². The van der Waals surface area contributed by atoms with Crippen molar-refractivity contribution in [3.8, 4) is 0 Å². The molecule has 1 aromatic heterocycles. The smallest absolute Gasteiger partial charge is 0.0528 e. The van der Waals surface area contributed by atoms with Crippen molar-refractivity contribution >= 4 is 23.2 Å². The molecule has 0 aliphatic carbocycles. The van der Waals surface area contributed by atoms with E-state index in [0.29, 0.717) is 0 Å². The summed E-state index contributed by atoms with van der Waals surface area (Å²) in [5.41, 5.74) is 8.25. The number of nitrogens with zero attached hydrogens (tertiary/aromatic N) is 2. The van der Waals surface area contributed by atoms with E-state index in [1.165, 1.54) is 38.9 Å². The third-order valence-corrected chi connectivity index (χ3v) is 5.34. The van der Waals surface area contributed by atoms with Crippen LogP contribution in [0, 0.1) is 13.8 Å². The first-order chi connectivity index (χ1) is 12.1. The number of fused-ring (bicyclic) bond motifs is 3. The van der Waals surface area contributed by atoms with Crippen LogP contribution in [0.15, 0.2) is 42.5 Å². The van der Waals surface area contributed by atoms with Crippen LogP contribution >= 0.6 is 0 Å². The number of benzene rings is 2. The highest BCUT2D eigenvalue weighted by Gasteiger charge is 2.19. The summed E-state index contributed by atoms with van der Waals surface area (Å²) < 4.78 is 2.42. The van der Waals surface area contributed by atoms with Gasteiger partial charge in [-0.25, -0.2) is 0 Å². The van der Waals surface area contributed by atoms with Crippen molar-refractivity contribution in [1.29, 1.82) is 0 Å². The van der Waals surface area contributed by atoms with E-state index in [2.05, 4.69) is 85.1 Å². The molecule has 128 valence electrons. The minimum atomic E-state index is 1.11. The van der Waals surface area contributed by atoms with Crippen LogP contribution in [0.1, 0.15) is 27.9 Å². The molecule has 2 nitrogen and oxygen atoms in total. The monoisotopic (exact) mass is 330 g/mol. The molecule has 0 atom stereocenters. The van der Waals surface area contributed by atoms with Crippen molar-refractivity contribution < 1.29 is 0 Å². The second-order valence-corrected chi connectivity index (χ2v) is 7.35. The van der Waals surface area contributed by atoms with Gasteiger partial charge in [0.2, 0.25) is 0 Å². The third kappa shape index (κ3) is 3.14. The van der Waals surface area contributed by atoms with E-state index >= 15 is 0 Å². The van der Waals surface area contributed by atoms with Gasteiger partial charge in [0.15, 0.2) is 0 Å². The number of aromatic nitrogens is 1. The van der Waals surface area contributed by atoms with Crippen molar-refractivity contribution in [1.82, 2.24) is 9.47 Å². The summed E-state index contributed by atoms with van der Waals surface area (Å²) >= 11 is 0. The van der Waals surface area contributed by atoms with Crippen LogP contribution < -0.4 is 0 Å². The molecule has 0 amide bonds. The zero-order valence-electron chi connectivity index (χ0n) is 15.4. The molecule has 0 fully saturated rings. The van der Waals surface area contributed by atoms with E-state index in [0.717, 1.165) is 25.9 Å². The molecular weight excluding hydrogens is 304 g/mol. The summed E-state index contributed by atoms with van der Waals surface area (Å²) in [5, 5.41) is 1.43. The van der Waals surface area contributed by atoms with Crippen molar-refractivity contribution in [3.05, 3.63) is 70.4 Å². The molecule has 2 heterocycles. The summed E-state index contributed by atoms with van der Waals surface area (Å²) in [7, 11) is 2.23. The van der Waals surface area contributed by atoms with Crippen LogP contribution in [0.3, 0.4) is 0 Å². The molecule has 3 aromatic rings. The SMILES string of the molecule is Cc1ccc(/C=C/n2c3c(c4cc(C)ccc42)CCN(C)CC3)cc1.